The highest BCUT2D eigenvalue weighted by molar-refractivity contribution is 5.65. The number of anilines is 2. The van der Waals surface area contributed by atoms with Crippen molar-refractivity contribution in [3.8, 4) is 11.9 Å². The lowest BCUT2D eigenvalue weighted by Gasteiger charge is -2.00. The molecule has 0 aliphatic carbocycles. The van der Waals surface area contributed by atoms with Crippen molar-refractivity contribution in [1.29, 1.82) is 5.26 Å². The monoisotopic (exact) mass is 215 g/mol. The minimum absolute atomic E-state index is 0.255. The Morgan fingerprint density at radius 2 is 2.38 bits per heavy atom. The summed E-state index contributed by atoms with van der Waals surface area (Å²) >= 11 is 0. The summed E-state index contributed by atoms with van der Waals surface area (Å²) < 4.78 is 1.39. The molecule has 0 aliphatic heterocycles. The lowest BCUT2D eigenvalue weighted by atomic mass is 10.3. The largest absolute Gasteiger partial charge is 0.382 e. The predicted octanol–water partition coefficient (Wildman–Crippen LogP) is 0.158. The SMILES string of the molecule is CNc1nn(-c2ccncn2)c(N)c1C#N. The van der Waals surface area contributed by atoms with Gasteiger partial charge in [0.2, 0.25) is 0 Å². The van der Waals surface area contributed by atoms with Gasteiger partial charge in [-0.3, -0.25) is 0 Å². The molecular weight excluding hydrogens is 206 g/mol. The van der Waals surface area contributed by atoms with Crippen molar-refractivity contribution < 1.29 is 0 Å². The van der Waals surface area contributed by atoms with Crippen LogP contribution in [0.3, 0.4) is 0 Å². The van der Waals surface area contributed by atoms with Crippen LogP contribution in [0.15, 0.2) is 18.6 Å². The van der Waals surface area contributed by atoms with E-state index in [1.165, 1.54) is 11.0 Å². The van der Waals surface area contributed by atoms with E-state index in [1.807, 2.05) is 6.07 Å². The van der Waals surface area contributed by atoms with Crippen LogP contribution in [0.25, 0.3) is 5.82 Å². The molecule has 2 aromatic rings. The van der Waals surface area contributed by atoms with E-state index in [-0.39, 0.29) is 5.82 Å². The van der Waals surface area contributed by atoms with Gasteiger partial charge in [0.05, 0.1) is 0 Å². The molecule has 3 N–H and O–H groups in total. The molecule has 7 heteroatoms. The average Bonchev–Trinajstić information content (AvgIpc) is 2.66. The zero-order chi connectivity index (χ0) is 11.5. The second-order valence-electron chi connectivity index (χ2n) is 2.95. The highest BCUT2D eigenvalue weighted by Crippen LogP contribution is 2.22. The fourth-order valence-electron chi connectivity index (χ4n) is 1.30. The molecule has 0 radical (unpaired) electrons. The van der Waals surface area contributed by atoms with E-state index < -0.39 is 0 Å². The molecule has 0 amide bonds. The second-order valence-corrected chi connectivity index (χ2v) is 2.95. The number of nitrogens with one attached hydrogen (secondary N) is 1. The summed E-state index contributed by atoms with van der Waals surface area (Å²) in [4.78, 5) is 7.80. The van der Waals surface area contributed by atoms with Crippen molar-refractivity contribution in [2.24, 2.45) is 0 Å². The highest BCUT2D eigenvalue weighted by Gasteiger charge is 2.15. The number of nitrogens with zero attached hydrogens (tertiary/aromatic N) is 5. The van der Waals surface area contributed by atoms with Gasteiger partial charge in [-0.2, -0.15) is 9.94 Å². The number of nitrogens with two attached hydrogens (primary N) is 1. The molecule has 0 unspecified atom stereocenters. The van der Waals surface area contributed by atoms with Crippen LogP contribution in [-0.2, 0) is 0 Å². The maximum absolute atomic E-state index is 8.93. The Morgan fingerprint density at radius 1 is 1.56 bits per heavy atom. The normalized spacial score (nSPS) is 9.75. The molecule has 16 heavy (non-hydrogen) atoms. The van der Waals surface area contributed by atoms with Crippen molar-refractivity contribution in [3.05, 3.63) is 24.2 Å². The zero-order valence-electron chi connectivity index (χ0n) is 8.55. The van der Waals surface area contributed by atoms with Crippen LogP contribution in [0.2, 0.25) is 0 Å². The molecule has 0 saturated heterocycles. The number of hydrogen-bond acceptors (Lipinski definition) is 6. The molecule has 7 nitrogen and oxygen atoms in total. The molecule has 0 aliphatic rings. The van der Waals surface area contributed by atoms with Crippen LogP contribution in [0.4, 0.5) is 11.6 Å². The summed E-state index contributed by atoms with van der Waals surface area (Å²) in [6.45, 7) is 0. The van der Waals surface area contributed by atoms with Crippen molar-refractivity contribution >= 4 is 11.6 Å². The molecule has 2 rings (SSSR count). The minimum atomic E-state index is 0.255. The number of aromatic nitrogens is 4. The van der Waals surface area contributed by atoms with Crippen molar-refractivity contribution in [1.82, 2.24) is 19.7 Å². The molecule has 0 spiro atoms. The van der Waals surface area contributed by atoms with Crippen molar-refractivity contribution in [3.63, 3.8) is 0 Å². The van der Waals surface area contributed by atoms with E-state index in [4.69, 9.17) is 11.0 Å². The average molecular weight is 215 g/mol. The standard InChI is InChI=1S/C9H9N7/c1-12-9-6(4-10)8(11)16(15-9)7-2-3-13-5-14-7/h2-3,5H,11H2,1H3,(H,12,15). The fraction of sp³-hybridized carbons (Fsp3) is 0.111. The maximum Gasteiger partial charge on any atom is 0.168 e. The number of hydrogen-bond donors (Lipinski definition) is 2. The van der Waals surface area contributed by atoms with Crippen LogP contribution >= 0.6 is 0 Å². The van der Waals surface area contributed by atoms with Crippen molar-refractivity contribution in [2.45, 2.75) is 0 Å². The van der Waals surface area contributed by atoms with Gasteiger partial charge < -0.3 is 11.1 Å². The first kappa shape index (κ1) is 9.92. The summed E-state index contributed by atoms with van der Waals surface area (Å²) in [7, 11) is 1.67. The Hall–Kier alpha value is -2.62. The molecule has 0 atom stereocenters. The van der Waals surface area contributed by atoms with E-state index >= 15 is 0 Å². The van der Waals surface area contributed by atoms with Gasteiger partial charge in [-0.1, -0.05) is 0 Å². The lowest BCUT2D eigenvalue weighted by molar-refractivity contribution is 0.851. The van der Waals surface area contributed by atoms with Crippen LogP contribution in [0.1, 0.15) is 5.56 Å². The number of nitriles is 1. The lowest BCUT2D eigenvalue weighted by Crippen LogP contribution is -2.04. The van der Waals surface area contributed by atoms with E-state index in [1.54, 1.807) is 19.3 Å². The van der Waals surface area contributed by atoms with E-state index in [0.717, 1.165) is 0 Å². The molecular formula is C9H9N7. The van der Waals surface area contributed by atoms with Crippen LogP contribution in [-0.4, -0.2) is 26.8 Å². The van der Waals surface area contributed by atoms with Crippen molar-refractivity contribution in [2.75, 3.05) is 18.1 Å². The third-order valence-electron chi connectivity index (χ3n) is 2.05. The predicted molar refractivity (Wildman–Crippen MR) is 57.8 cm³/mol. The first-order chi connectivity index (χ1) is 7.77. The third kappa shape index (κ3) is 1.42. The third-order valence-corrected chi connectivity index (χ3v) is 2.05. The van der Waals surface area contributed by atoms with Crippen LogP contribution in [0, 0.1) is 11.3 Å². The van der Waals surface area contributed by atoms with Gasteiger partial charge in [-0.25, -0.2) is 9.97 Å². The Kier molecular flexibility index (Phi) is 2.39. The van der Waals surface area contributed by atoms with Gasteiger partial charge >= 0.3 is 0 Å². The van der Waals surface area contributed by atoms with Gasteiger partial charge in [0.15, 0.2) is 11.6 Å². The van der Waals surface area contributed by atoms with Gasteiger partial charge in [0.25, 0.3) is 0 Å². The van der Waals surface area contributed by atoms with E-state index in [0.29, 0.717) is 17.2 Å². The smallest absolute Gasteiger partial charge is 0.168 e. The summed E-state index contributed by atoms with van der Waals surface area (Å²) in [5.41, 5.74) is 6.11. The summed E-state index contributed by atoms with van der Waals surface area (Å²) in [6, 6.07) is 3.65. The van der Waals surface area contributed by atoms with Crippen LogP contribution < -0.4 is 11.1 Å². The Morgan fingerprint density at radius 3 is 2.88 bits per heavy atom. The maximum atomic E-state index is 8.93. The molecule has 2 heterocycles. The first-order valence-corrected chi connectivity index (χ1v) is 4.50. The second kappa shape index (κ2) is 3.86. The molecule has 0 fully saturated rings. The van der Waals surface area contributed by atoms with Gasteiger partial charge in [0, 0.05) is 19.3 Å². The molecule has 2 aromatic heterocycles. The molecule has 0 bridgehead atoms. The molecule has 0 aromatic carbocycles. The molecule has 80 valence electrons. The zero-order valence-corrected chi connectivity index (χ0v) is 8.55. The Balaban J connectivity index is 2.60. The minimum Gasteiger partial charge on any atom is -0.382 e. The number of nitrogen functional groups attached to an aromatic ring is 1. The Bertz CT molecular complexity index is 537. The van der Waals surface area contributed by atoms with Gasteiger partial charge in [-0.15, -0.1) is 5.10 Å². The van der Waals surface area contributed by atoms with E-state index in [9.17, 15) is 0 Å². The summed E-state index contributed by atoms with van der Waals surface area (Å²) in [5.74, 6) is 1.20. The van der Waals surface area contributed by atoms with E-state index in [2.05, 4.69) is 20.4 Å². The quantitative estimate of drug-likeness (QED) is 0.739. The van der Waals surface area contributed by atoms with Crippen LogP contribution in [0.5, 0.6) is 0 Å². The topological polar surface area (TPSA) is 105 Å². The number of rotatable bonds is 2. The highest BCUT2D eigenvalue weighted by atomic mass is 15.4. The first-order valence-electron chi connectivity index (χ1n) is 4.50. The molecule has 0 saturated carbocycles. The summed E-state index contributed by atoms with van der Waals surface area (Å²) in [6.07, 6.45) is 2.97. The summed E-state index contributed by atoms with van der Waals surface area (Å²) in [5, 5.41) is 15.9. The van der Waals surface area contributed by atoms with Gasteiger partial charge in [0.1, 0.15) is 23.8 Å². The Labute approximate surface area is 91.5 Å². The van der Waals surface area contributed by atoms with Gasteiger partial charge in [-0.05, 0) is 0 Å². The fourth-order valence-corrected chi connectivity index (χ4v) is 1.30.